The summed E-state index contributed by atoms with van der Waals surface area (Å²) < 4.78 is 10.3. The maximum Gasteiger partial charge on any atom is 0.336 e. The predicted molar refractivity (Wildman–Crippen MR) is 100.0 cm³/mol. The van der Waals surface area contributed by atoms with E-state index < -0.39 is 16.5 Å². The first-order valence-electron chi connectivity index (χ1n) is 7.72. The monoisotopic (exact) mass is 385 g/mol. The minimum absolute atomic E-state index is 0.00711. The van der Waals surface area contributed by atoms with Crippen molar-refractivity contribution < 1.29 is 18.9 Å². The molecule has 7 nitrogen and oxygen atoms in total. The van der Waals surface area contributed by atoms with E-state index in [9.17, 15) is 19.7 Å². The van der Waals surface area contributed by atoms with E-state index in [4.69, 9.17) is 20.8 Å². The molecule has 1 heterocycles. The third-order valence-electron chi connectivity index (χ3n) is 3.72. The Kier molecular flexibility index (Phi) is 5.05. The number of carbonyl (C=O) groups excluding carboxylic acids is 1. The highest BCUT2D eigenvalue weighted by Gasteiger charge is 2.12. The number of hydrogen-bond acceptors (Lipinski definition) is 6. The van der Waals surface area contributed by atoms with Crippen LogP contribution in [0.25, 0.3) is 17.0 Å². The predicted octanol–water partition coefficient (Wildman–Crippen LogP) is 4.28. The van der Waals surface area contributed by atoms with Gasteiger partial charge in [0.2, 0.25) is 0 Å². The number of fused-ring (bicyclic) bond motifs is 1. The molecule has 3 rings (SSSR count). The lowest BCUT2D eigenvalue weighted by atomic mass is 10.1. The molecule has 0 saturated carbocycles. The fraction of sp³-hybridized carbons (Fsp3) is 0.0526. The Hall–Kier alpha value is -3.45. The van der Waals surface area contributed by atoms with Gasteiger partial charge < -0.3 is 9.15 Å². The summed E-state index contributed by atoms with van der Waals surface area (Å²) in [6.07, 6.45) is 2.50. The number of nitrogens with zero attached hydrogens (tertiary/aromatic N) is 1. The topological polar surface area (TPSA) is 99.7 Å². The zero-order valence-corrected chi connectivity index (χ0v) is 14.7. The van der Waals surface area contributed by atoms with Gasteiger partial charge in [-0.1, -0.05) is 17.7 Å². The zero-order chi connectivity index (χ0) is 19.6. The number of esters is 1. The van der Waals surface area contributed by atoms with Gasteiger partial charge in [-0.05, 0) is 42.3 Å². The number of hydrogen-bond donors (Lipinski definition) is 0. The summed E-state index contributed by atoms with van der Waals surface area (Å²) in [6, 6.07) is 10.2. The van der Waals surface area contributed by atoms with Gasteiger partial charge in [-0.15, -0.1) is 0 Å². The maximum atomic E-state index is 12.0. The van der Waals surface area contributed by atoms with Gasteiger partial charge in [-0.3, -0.25) is 10.1 Å². The van der Waals surface area contributed by atoms with E-state index in [1.54, 1.807) is 19.1 Å². The van der Waals surface area contributed by atoms with Gasteiger partial charge in [0.1, 0.15) is 16.4 Å². The quantitative estimate of drug-likeness (QED) is 0.166. The molecule has 0 atom stereocenters. The lowest BCUT2D eigenvalue weighted by Crippen LogP contribution is -2.04. The van der Waals surface area contributed by atoms with Crippen LogP contribution in [0.1, 0.15) is 11.1 Å². The number of halogens is 1. The SMILES string of the molecule is Cc1cc(=O)oc2cc(OC(=O)/C=C/c3ccc(Cl)c([N+](=O)[O-])c3)ccc12. The first-order chi connectivity index (χ1) is 12.8. The van der Waals surface area contributed by atoms with Crippen molar-refractivity contribution in [3.05, 3.63) is 85.2 Å². The molecule has 0 N–H and O–H groups in total. The van der Waals surface area contributed by atoms with E-state index in [1.807, 2.05) is 0 Å². The van der Waals surface area contributed by atoms with Crippen molar-refractivity contribution in [1.82, 2.24) is 0 Å². The summed E-state index contributed by atoms with van der Waals surface area (Å²) in [5.41, 5.74) is 0.731. The van der Waals surface area contributed by atoms with Crippen molar-refractivity contribution >= 4 is 40.3 Å². The molecule has 0 aliphatic heterocycles. The molecule has 0 aliphatic carbocycles. The van der Waals surface area contributed by atoms with E-state index in [-0.39, 0.29) is 16.5 Å². The van der Waals surface area contributed by atoms with E-state index in [0.717, 1.165) is 17.0 Å². The van der Waals surface area contributed by atoms with Crippen LogP contribution in [0.4, 0.5) is 5.69 Å². The minimum Gasteiger partial charge on any atom is -0.423 e. The van der Waals surface area contributed by atoms with Crippen LogP contribution in [-0.2, 0) is 4.79 Å². The van der Waals surface area contributed by atoms with Gasteiger partial charge in [0.25, 0.3) is 5.69 Å². The molecular formula is C19H12ClNO6. The van der Waals surface area contributed by atoms with Crippen LogP contribution >= 0.6 is 11.6 Å². The van der Waals surface area contributed by atoms with Crippen LogP contribution in [0, 0.1) is 17.0 Å². The molecule has 27 heavy (non-hydrogen) atoms. The van der Waals surface area contributed by atoms with Gasteiger partial charge in [0.15, 0.2) is 0 Å². The molecule has 0 radical (unpaired) electrons. The average Bonchev–Trinajstić information content (AvgIpc) is 2.60. The highest BCUT2D eigenvalue weighted by Crippen LogP contribution is 2.26. The van der Waals surface area contributed by atoms with Crippen LogP contribution in [0.2, 0.25) is 5.02 Å². The van der Waals surface area contributed by atoms with Gasteiger partial charge in [0.05, 0.1) is 4.92 Å². The van der Waals surface area contributed by atoms with Gasteiger partial charge >= 0.3 is 11.6 Å². The average molecular weight is 386 g/mol. The van der Waals surface area contributed by atoms with Crippen molar-refractivity contribution in [2.45, 2.75) is 6.92 Å². The van der Waals surface area contributed by atoms with E-state index in [0.29, 0.717) is 11.1 Å². The summed E-state index contributed by atoms with van der Waals surface area (Å²) in [7, 11) is 0. The Bertz CT molecular complexity index is 1150. The van der Waals surface area contributed by atoms with Crippen LogP contribution in [-0.4, -0.2) is 10.9 Å². The summed E-state index contributed by atoms with van der Waals surface area (Å²) in [5, 5.41) is 11.6. The number of nitro benzene ring substituents is 1. The smallest absolute Gasteiger partial charge is 0.336 e. The lowest BCUT2D eigenvalue weighted by Gasteiger charge is -2.04. The number of benzene rings is 2. The molecule has 3 aromatic rings. The fourth-order valence-corrected chi connectivity index (χ4v) is 2.64. The molecule has 0 unspecified atom stereocenters. The van der Waals surface area contributed by atoms with Crippen LogP contribution < -0.4 is 10.4 Å². The number of aryl methyl sites for hydroxylation is 1. The Morgan fingerprint density at radius 1 is 1.22 bits per heavy atom. The number of ether oxygens (including phenoxy) is 1. The molecule has 8 heteroatoms. The third-order valence-corrected chi connectivity index (χ3v) is 4.04. The normalized spacial score (nSPS) is 11.0. The standard InChI is InChI=1S/C19H12ClNO6/c1-11-8-19(23)27-17-10-13(4-5-14(11)17)26-18(22)7-3-12-2-6-15(20)16(9-12)21(24)25/h2-10H,1H3/b7-3+. The first kappa shape index (κ1) is 18.3. The second-order valence-corrected chi connectivity index (χ2v) is 6.04. The van der Waals surface area contributed by atoms with Crippen molar-refractivity contribution in [3.63, 3.8) is 0 Å². The van der Waals surface area contributed by atoms with Crippen molar-refractivity contribution in [2.24, 2.45) is 0 Å². The lowest BCUT2D eigenvalue weighted by molar-refractivity contribution is -0.384. The summed E-state index contributed by atoms with van der Waals surface area (Å²) in [5.74, 6) is -0.491. The largest absolute Gasteiger partial charge is 0.423 e. The third kappa shape index (κ3) is 4.21. The molecule has 136 valence electrons. The maximum absolute atomic E-state index is 12.0. The van der Waals surface area contributed by atoms with E-state index in [1.165, 1.54) is 36.4 Å². The van der Waals surface area contributed by atoms with Gasteiger partial charge in [0, 0.05) is 29.7 Å². The van der Waals surface area contributed by atoms with Crippen molar-refractivity contribution in [3.8, 4) is 5.75 Å². The van der Waals surface area contributed by atoms with Gasteiger partial charge in [-0.25, -0.2) is 9.59 Å². The molecule has 1 aromatic heterocycles. The molecule has 0 bridgehead atoms. The second kappa shape index (κ2) is 7.43. The Labute approximate surface area is 157 Å². The van der Waals surface area contributed by atoms with Crippen molar-refractivity contribution in [2.75, 3.05) is 0 Å². The zero-order valence-electron chi connectivity index (χ0n) is 14.0. The summed E-state index contributed by atoms with van der Waals surface area (Å²) >= 11 is 5.74. The molecular weight excluding hydrogens is 374 g/mol. The Balaban J connectivity index is 1.79. The molecule has 2 aromatic carbocycles. The number of rotatable bonds is 4. The highest BCUT2D eigenvalue weighted by molar-refractivity contribution is 6.32. The van der Waals surface area contributed by atoms with E-state index >= 15 is 0 Å². The molecule has 0 spiro atoms. The van der Waals surface area contributed by atoms with Crippen molar-refractivity contribution in [1.29, 1.82) is 0 Å². The van der Waals surface area contributed by atoms with Crippen LogP contribution in [0.15, 0.2) is 57.8 Å². The fourth-order valence-electron chi connectivity index (χ4n) is 2.46. The van der Waals surface area contributed by atoms with Gasteiger partial charge in [-0.2, -0.15) is 0 Å². The highest BCUT2D eigenvalue weighted by atomic mass is 35.5. The Morgan fingerprint density at radius 2 is 2.00 bits per heavy atom. The van der Waals surface area contributed by atoms with E-state index in [2.05, 4.69) is 0 Å². The summed E-state index contributed by atoms with van der Waals surface area (Å²) in [6.45, 7) is 1.78. The second-order valence-electron chi connectivity index (χ2n) is 5.63. The number of carbonyl (C=O) groups is 1. The molecule has 0 aliphatic rings. The van der Waals surface area contributed by atoms with Crippen LogP contribution in [0.5, 0.6) is 5.75 Å². The molecule has 0 fully saturated rings. The summed E-state index contributed by atoms with van der Waals surface area (Å²) in [4.78, 5) is 33.7. The van der Waals surface area contributed by atoms with Crippen LogP contribution in [0.3, 0.4) is 0 Å². The minimum atomic E-state index is -0.693. The first-order valence-corrected chi connectivity index (χ1v) is 8.09. The molecule has 0 saturated heterocycles. The number of nitro groups is 1. The Morgan fingerprint density at radius 3 is 2.74 bits per heavy atom. The molecule has 0 amide bonds.